The van der Waals surface area contributed by atoms with Crippen LogP contribution in [0.1, 0.15) is 69.6 Å². The molecule has 0 bridgehead atoms. The number of carbonyl (C=O) groups is 2. The summed E-state index contributed by atoms with van der Waals surface area (Å²) in [4.78, 5) is 25.5. The molecule has 0 heterocycles. The summed E-state index contributed by atoms with van der Waals surface area (Å²) < 4.78 is 24.5. The highest BCUT2D eigenvalue weighted by Crippen LogP contribution is 2.40. The fraction of sp³-hybridized carbons (Fsp3) is 0.481. The zero-order chi connectivity index (χ0) is 24.7. The van der Waals surface area contributed by atoms with E-state index >= 15 is 0 Å². The first-order valence-corrected chi connectivity index (χ1v) is 12.1. The third kappa shape index (κ3) is 6.72. The second-order valence-electron chi connectivity index (χ2n) is 9.53. The standard InChI is InChI=1S/C27H33ClFNO4/c1-27(2,20-10-7-11-21(28)17-20)24(19-12-14-22(29)15-13-19)34-26(32)30-23(25(31)33-3)16-18-8-5-4-6-9-18/h7,10-15,17-18,23-24H,4-6,8-9,16H2,1-3H3,(H,30,32)/t23-,24?/m0/s1. The number of carbonyl (C=O) groups excluding carboxylic acids is 2. The number of hydrogen-bond acceptors (Lipinski definition) is 4. The highest BCUT2D eigenvalue weighted by atomic mass is 35.5. The van der Waals surface area contributed by atoms with Crippen LogP contribution in [0.4, 0.5) is 9.18 Å². The summed E-state index contributed by atoms with van der Waals surface area (Å²) >= 11 is 6.22. The summed E-state index contributed by atoms with van der Waals surface area (Å²) in [7, 11) is 1.31. The fourth-order valence-electron chi connectivity index (χ4n) is 4.71. The van der Waals surface area contributed by atoms with Crippen molar-refractivity contribution in [3.05, 3.63) is 70.5 Å². The van der Waals surface area contributed by atoms with Gasteiger partial charge in [-0.05, 0) is 47.7 Å². The molecule has 0 radical (unpaired) electrons. The topological polar surface area (TPSA) is 64.6 Å². The molecular weight excluding hydrogens is 457 g/mol. The lowest BCUT2D eigenvalue weighted by Crippen LogP contribution is -2.44. The van der Waals surface area contributed by atoms with Crippen LogP contribution in [0, 0.1) is 11.7 Å². The van der Waals surface area contributed by atoms with Crippen LogP contribution in [0.5, 0.6) is 0 Å². The van der Waals surface area contributed by atoms with Crippen LogP contribution in [0.2, 0.25) is 5.02 Å². The molecule has 1 aliphatic rings. The van der Waals surface area contributed by atoms with Crippen LogP contribution < -0.4 is 5.32 Å². The summed E-state index contributed by atoms with van der Waals surface area (Å²) in [5.41, 5.74) is 0.779. The van der Waals surface area contributed by atoms with Crippen LogP contribution in [-0.4, -0.2) is 25.2 Å². The Morgan fingerprint density at radius 1 is 1.12 bits per heavy atom. The molecule has 1 amide bonds. The fourth-order valence-corrected chi connectivity index (χ4v) is 4.90. The number of methoxy groups -OCH3 is 1. The quantitative estimate of drug-likeness (QED) is 0.417. The van der Waals surface area contributed by atoms with Gasteiger partial charge < -0.3 is 14.8 Å². The van der Waals surface area contributed by atoms with Crippen molar-refractivity contribution in [1.29, 1.82) is 0 Å². The largest absolute Gasteiger partial charge is 0.467 e. The maximum Gasteiger partial charge on any atom is 0.408 e. The Labute approximate surface area is 206 Å². The molecule has 2 aromatic rings. The van der Waals surface area contributed by atoms with Crippen molar-refractivity contribution in [2.75, 3.05) is 7.11 Å². The van der Waals surface area contributed by atoms with Gasteiger partial charge in [0.1, 0.15) is 18.0 Å². The predicted molar refractivity (Wildman–Crippen MR) is 130 cm³/mol. The van der Waals surface area contributed by atoms with Crippen LogP contribution >= 0.6 is 11.6 Å². The number of esters is 1. The minimum atomic E-state index is -0.788. The van der Waals surface area contributed by atoms with Gasteiger partial charge in [0.2, 0.25) is 0 Å². The van der Waals surface area contributed by atoms with Crippen LogP contribution in [0.3, 0.4) is 0 Å². The number of alkyl carbamates (subject to hydrolysis) is 1. The van der Waals surface area contributed by atoms with Gasteiger partial charge in [-0.2, -0.15) is 0 Å². The van der Waals surface area contributed by atoms with E-state index in [-0.39, 0.29) is 5.82 Å². The van der Waals surface area contributed by atoms with Gasteiger partial charge in [-0.3, -0.25) is 0 Å². The predicted octanol–water partition coefficient (Wildman–Crippen LogP) is 6.74. The average Bonchev–Trinajstić information content (AvgIpc) is 2.83. The summed E-state index contributed by atoms with van der Waals surface area (Å²) in [6.07, 6.45) is 4.55. The first kappa shape index (κ1) is 26.0. The first-order chi connectivity index (χ1) is 16.2. The molecule has 2 aromatic carbocycles. The smallest absolute Gasteiger partial charge is 0.408 e. The number of nitrogens with one attached hydrogen (secondary N) is 1. The van der Waals surface area contributed by atoms with Gasteiger partial charge in [-0.25, -0.2) is 14.0 Å². The Balaban J connectivity index is 1.83. The zero-order valence-electron chi connectivity index (χ0n) is 20.0. The minimum Gasteiger partial charge on any atom is -0.467 e. The molecule has 0 saturated heterocycles. The normalized spacial score (nSPS) is 16.4. The SMILES string of the molecule is COC(=O)[C@H](CC1CCCCC1)NC(=O)OC(c1ccc(F)cc1)C(C)(C)c1cccc(Cl)c1. The van der Waals surface area contributed by atoms with E-state index in [1.165, 1.54) is 25.7 Å². The number of amides is 1. The number of benzene rings is 2. The van der Waals surface area contributed by atoms with Gasteiger partial charge in [-0.1, -0.05) is 81.8 Å². The van der Waals surface area contributed by atoms with Crippen LogP contribution in [0.15, 0.2) is 48.5 Å². The minimum absolute atomic E-state index is 0.356. The molecule has 7 heteroatoms. The van der Waals surface area contributed by atoms with Gasteiger partial charge in [-0.15, -0.1) is 0 Å². The molecule has 1 unspecified atom stereocenters. The van der Waals surface area contributed by atoms with E-state index in [1.54, 1.807) is 18.2 Å². The Morgan fingerprint density at radius 2 is 1.79 bits per heavy atom. The maximum absolute atomic E-state index is 13.6. The Hall–Kier alpha value is -2.60. The lowest BCUT2D eigenvalue weighted by atomic mass is 9.76. The third-order valence-electron chi connectivity index (χ3n) is 6.69. The molecule has 3 rings (SSSR count). The highest BCUT2D eigenvalue weighted by Gasteiger charge is 2.37. The molecule has 1 N–H and O–H groups in total. The molecular formula is C27H33ClFNO4. The van der Waals surface area contributed by atoms with Crippen molar-refractivity contribution in [2.45, 2.75) is 69.9 Å². The summed E-state index contributed by atoms with van der Waals surface area (Å²) in [6.45, 7) is 3.86. The molecule has 1 saturated carbocycles. The van der Waals surface area contributed by atoms with Crippen LogP contribution in [0.25, 0.3) is 0 Å². The lowest BCUT2D eigenvalue weighted by molar-refractivity contribution is -0.143. The van der Waals surface area contributed by atoms with Gasteiger partial charge >= 0.3 is 12.1 Å². The molecule has 184 valence electrons. The zero-order valence-corrected chi connectivity index (χ0v) is 20.7. The average molecular weight is 490 g/mol. The molecule has 2 atom stereocenters. The van der Waals surface area contributed by atoms with E-state index in [4.69, 9.17) is 21.1 Å². The summed E-state index contributed by atoms with van der Waals surface area (Å²) in [6, 6.07) is 12.4. The molecule has 0 aliphatic heterocycles. The van der Waals surface area contributed by atoms with Gasteiger partial charge in [0.05, 0.1) is 7.11 Å². The molecule has 0 aromatic heterocycles. The second kappa shape index (κ2) is 11.7. The van der Waals surface area contributed by atoms with E-state index in [1.807, 2.05) is 32.0 Å². The molecule has 1 fully saturated rings. The molecule has 34 heavy (non-hydrogen) atoms. The van der Waals surface area contributed by atoms with Crippen molar-refractivity contribution in [3.63, 3.8) is 0 Å². The second-order valence-corrected chi connectivity index (χ2v) is 9.97. The first-order valence-electron chi connectivity index (χ1n) is 11.8. The summed E-state index contributed by atoms with van der Waals surface area (Å²) in [5.74, 6) is -0.519. The van der Waals surface area contributed by atoms with Gasteiger partial charge in [0, 0.05) is 10.4 Å². The van der Waals surface area contributed by atoms with E-state index < -0.39 is 29.6 Å². The van der Waals surface area contributed by atoms with Crippen LogP contribution in [-0.2, 0) is 19.7 Å². The Bertz CT molecular complexity index is 973. The lowest BCUT2D eigenvalue weighted by Gasteiger charge is -2.35. The highest BCUT2D eigenvalue weighted by molar-refractivity contribution is 6.30. The maximum atomic E-state index is 13.6. The van der Waals surface area contributed by atoms with Crippen molar-refractivity contribution < 1.29 is 23.5 Å². The van der Waals surface area contributed by atoms with Crippen molar-refractivity contribution in [2.24, 2.45) is 5.92 Å². The molecule has 5 nitrogen and oxygen atoms in total. The van der Waals surface area contributed by atoms with E-state index in [9.17, 15) is 14.0 Å². The number of rotatable bonds is 8. The van der Waals surface area contributed by atoms with Crippen molar-refractivity contribution in [1.82, 2.24) is 5.32 Å². The van der Waals surface area contributed by atoms with Gasteiger partial charge in [0.25, 0.3) is 0 Å². The van der Waals surface area contributed by atoms with Crippen molar-refractivity contribution >= 4 is 23.7 Å². The van der Waals surface area contributed by atoms with E-state index in [2.05, 4.69) is 5.32 Å². The third-order valence-corrected chi connectivity index (χ3v) is 6.93. The Kier molecular flexibility index (Phi) is 8.95. The summed E-state index contributed by atoms with van der Waals surface area (Å²) in [5, 5.41) is 3.29. The van der Waals surface area contributed by atoms with Crippen molar-refractivity contribution in [3.8, 4) is 0 Å². The van der Waals surface area contributed by atoms with Gasteiger partial charge in [0.15, 0.2) is 0 Å². The molecule has 1 aliphatic carbocycles. The number of hydrogen-bond donors (Lipinski definition) is 1. The van der Waals surface area contributed by atoms with E-state index in [0.717, 1.165) is 31.2 Å². The van der Waals surface area contributed by atoms with E-state index in [0.29, 0.717) is 22.9 Å². The number of ether oxygens (including phenoxy) is 2. The monoisotopic (exact) mass is 489 g/mol. The Morgan fingerprint density at radius 3 is 2.41 bits per heavy atom. The molecule has 0 spiro atoms. The number of halogens is 2.